The van der Waals surface area contributed by atoms with E-state index in [-0.39, 0.29) is 0 Å². The molecule has 0 bridgehead atoms. The zero-order valence-electron chi connectivity index (χ0n) is 9.68. The Balaban J connectivity index is 1.93. The van der Waals surface area contributed by atoms with Crippen LogP contribution in [0.1, 0.15) is 11.3 Å². The molecule has 0 amide bonds. The lowest BCUT2D eigenvalue weighted by molar-refractivity contribution is 0.314. The average molecular weight is 248 g/mol. The Morgan fingerprint density at radius 2 is 1.76 bits per heavy atom. The average Bonchev–Trinajstić information content (AvgIpc) is 2.33. The summed E-state index contributed by atoms with van der Waals surface area (Å²) in [5.74, 6) is 0. The molecule has 1 heterocycles. The van der Waals surface area contributed by atoms with Gasteiger partial charge in [-0.05, 0) is 24.7 Å². The molecule has 88 valence electrons. The maximum atomic E-state index is 5.69. The van der Waals surface area contributed by atoms with Crippen molar-refractivity contribution in [1.82, 2.24) is 15.1 Å². The summed E-state index contributed by atoms with van der Waals surface area (Å²) in [5.41, 5.74) is 2.21. The van der Waals surface area contributed by atoms with Crippen LogP contribution in [0.4, 0.5) is 0 Å². The van der Waals surface area contributed by atoms with E-state index in [1.807, 2.05) is 24.3 Å². The van der Waals surface area contributed by atoms with Crippen LogP contribution in [0.5, 0.6) is 0 Å². The number of halogens is 1. The second-order valence-electron chi connectivity index (χ2n) is 4.01. The van der Waals surface area contributed by atoms with Crippen LogP contribution in [0.15, 0.2) is 42.5 Å². The maximum Gasteiger partial charge on any atom is 0.151 e. The molecule has 0 saturated carbocycles. The molecular formula is C13H14ClN3. The van der Waals surface area contributed by atoms with Crippen molar-refractivity contribution in [2.24, 2.45) is 0 Å². The van der Waals surface area contributed by atoms with Gasteiger partial charge in [0, 0.05) is 13.1 Å². The molecule has 0 unspecified atom stereocenters. The van der Waals surface area contributed by atoms with E-state index in [0.717, 1.165) is 18.8 Å². The summed E-state index contributed by atoms with van der Waals surface area (Å²) in [5, 5.41) is 8.29. The first kappa shape index (κ1) is 12.0. The molecule has 2 aromatic rings. The minimum Gasteiger partial charge on any atom is -0.296 e. The number of nitrogens with zero attached hydrogens (tertiary/aromatic N) is 3. The minimum atomic E-state index is 0.430. The topological polar surface area (TPSA) is 29.0 Å². The lowest BCUT2D eigenvalue weighted by atomic mass is 10.2. The van der Waals surface area contributed by atoms with Crippen LogP contribution in [0.3, 0.4) is 0 Å². The van der Waals surface area contributed by atoms with E-state index in [9.17, 15) is 0 Å². The molecule has 17 heavy (non-hydrogen) atoms. The molecule has 0 aliphatic heterocycles. The molecule has 0 radical (unpaired) electrons. The van der Waals surface area contributed by atoms with E-state index in [4.69, 9.17) is 11.6 Å². The Kier molecular flexibility index (Phi) is 4.07. The first-order chi connectivity index (χ1) is 8.24. The highest BCUT2D eigenvalue weighted by Crippen LogP contribution is 2.07. The van der Waals surface area contributed by atoms with E-state index in [1.54, 1.807) is 6.07 Å². The fourth-order valence-electron chi connectivity index (χ4n) is 1.66. The number of aromatic nitrogens is 2. The number of hydrogen-bond donors (Lipinski definition) is 0. The summed E-state index contributed by atoms with van der Waals surface area (Å²) in [6.45, 7) is 1.66. The second kappa shape index (κ2) is 5.75. The summed E-state index contributed by atoms with van der Waals surface area (Å²) in [4.78, 5) is 2.19. The molecule has 0 spiro atoms. The lowest BCUT2D eigenvalue weighted by Gasteiger charge is -2.15. The standard InChI is InChI=1S/C13H14ClN3/c1-17(9-11-5-3-2-4-6-11)10-12-7-8-13(14)16-15-12/h2-8H,9-10H2,1H3. The third-order valence-corrected chi connectivity index (χ3v) is 2.62. The van der Waals surface area contributed by atoms with Crippen molar-refractivity contribution in [3.63, 3.8) is 0 Å². The summed E-state index contributed by atoms with van der Waals surface area (Å²) >= 11 is 5.69. The van der Waals surface area contributed by atoms with Crippen molar-refractivity contribution in [2.45, 2.75) is 13.1 Å². The van der Waals surface area contributed by atoms with Gasteiger partial charge in [-0.15, -0.1) is 5.10 Å². The third-order valence-electron chi connectivity index (χ3n) is 2.41. The normalized spacial score (nSPS) is 10.8. The maximum absolute atomic E-state index is 5.69. The Hall–Kier alpha value is -1.45. The predicted octanol–water partition coefficient (Wildman–Crippen LogP) is 2.76. The largest absolute Gasteiger partial charge is 0.296 e. The van der Waals surface area contributed by atoms with Crippen molar-refractivity contribution in [3.05, 3.63) is 58.9 Å². The molecule has 0 N–H and O–H groups in total. The molecular weight excluding hydrogens is 234 g/mol. The van der Waals surface area contributed by atoms with Gasteiger partial charge in [0.2, 0.25) is 0 Å². The molecule has 4 heteroatoms. The summed E-state index contributed by atoms with van der Waals surface area (Å²) < 4.78 is 0. The predicted molar refractivity (Wildman–Crippen MR) is 68.7 cm³/mol. The van der Waals surface area contributed by atoms with Gasteiger partial charge in [0.25, 0.3) is 0 Å². The van der Waals surface area contributed by atoms with Gasteiger partial charge in [0.15, 0.2) is 5.15 Å². The van der Waals surface area contributed by atoms with E-state index in [1.165, 1.54) is 5.56 Å². The molecule has 1 aromatic heterocycles. The fourth-order valence-corrected chi connectivity index (χ4v) is 1.76. The highest BCUT2D eigenvalue weighted by Gasteiger charge is 2.03. The molecule has 0 fully saturated rings. The highest BCUT2D eigenvalue weighted by molar-refractivity contribution is 6.29. The molecule has 0 saturated heterocycles. The fraction of sp³-hybridized carbons (Fsp3) is 0.231. The van der Waals surface area contributed by atoms with E-state index >= 15 is 0 Å². The molecule has 0 aliphatic rings. The van der Waals surface area contributed by atoms with Gasteiger partial charge in [0.05, 0.1) is 5.69 Å². The van der Waals surface area contributed by atoms with Crippen LogP contribution >= 0.6 is 11.6 Å². The SMILES string of the molecule is CN(Cc1ccccc1)Cc1ccc(Cl)nn1. The van der Waals surface area contributed by atoms with Gasteiger partial charge in [-0.25, -0.2) is 0 Å². The van der Waals surface area contributed by atoms with E-state index in [2.05, 4.69) is 34.3 Å². The first-order valence-corrected chi connectivity index (χ1v) is 5.82. The lowest BCUT2D eigenvalue weighted by Crippen LogP contribution is -2.18. The van der Waals surface area contributed by atoms with Gasteiger partial charge in [-0.3, -0.25) is 4.90 Å². The van der Waals surface area contributed by atoms with Crippen LogP contribution in [-0.4, -0.2) is 22.1 Å². The van der Waals surface area contributed by atoms with E-state index < -0.39 is 0 Å². The first-order valence-electron chi connectivity index (χ1n) is 5.44. The summed E-state index contributed by atoms with van der Waals surface area (Å²) in [6, 6.07) is 14.0. The Morgan fingerprint density at radius 3 is 2.41 bits per heavy atom. The second-order valence-corrected chi connectivity index (χ2v) is 4.39. The van der Waals surface area contributed by atoms with E-state index in [0.29, 0.717) is 5.15 Å². The quantitative estimate of drug-likeness (QED) is 0.832. The molecule has 0 atom stereocenters. The van der Waals surface area contributed by atoms with Crippen LogP contribution in [-0.2, 0) is 13.1 Å². The zero-order valence-corrected chi connectivity index (χ0v) is 10.4. The van der Waals surface area contributed by atoms with Gasteiger partial charge >= 0.3 is 0 Å². The van der Waals surface area contributed by atoms with Crippen molar-refractivity contribution < 1.29 is 0 Å². The van der Waals surface area contributed by atoms with Crippen LogP contribution < -0.4 is 0 Å². The molecule has 2 rings (SSSR count). The van der Waals surface area contributed by atoms with Crippen LogP contribution in [0.25, 0.3) is 0 Å². The monoisotopic (exact) mass is 247 g/mol. The highest BCUT2D eigenvalue weighted by atomic mass is 35.5. The summed E-state index contributed by atoms with van der Waals surface area (Å²) in [7, 11) is 2.06. The van der Waals surface area contributed by atoms with Crippen molar-refractivity contribution in [1.29, 1.82) is 0 Å². The number of benzene rings is 1. The van der Waals surface area contributed by atoms with Gasteiger partial charge in [-0.1, -0.05) is 41.9 Å². The minimum absolute atomic E-state index is 0.430. The molecule has 3 nitrogen and oxygen atoms in total. The van der Waals surface area contributed by atoms with Gasteiger partial charge in [-0.2, -0.15) is 5.10 Å². The Bertz CT molecular complexity index is 456. The number of rotatable bonds is 4. The van der Waals surface area contributed by atoms with Gasteiger partial charge in [0.1, 0.15) is 0 Å². The van der Waals surface area contributed by atoms with Crippen molar-refractivity contribution in [3.8, 4) is 0 Å². The Labute approximate surface area is 106 Å². The Morgan fingerprint density at radius 1 is 1.00 bits per heavy atom. The third kappa shape index (κ3) is 3.80. The van der Waals surface area contributed by atoms with Crippen LogP contribution in [0, 0.1) is 0 Å². The summed E-state index contributed by atoms with van der Waals surface area (Å²) in [6.07, 6.45) is 0. The van der Waals surface area contributed by atoms with Crippen LogP contribution in [0.2, 0.25) is 5.15 Å². The number of hydrogen-bond acceptors (Lipinski definition) is 3. The van der Waals surface area contributed by atoms with Gasteiger partial charge < -0.3 is 0 Å². The molecule has 0 aliphatic carbocycles. The molecule has 1 aromatic carbocycles. The van der Waals surface area contributed by atoms with Crippen molar-refractivity contribution in [2.75, 3.05) is 7.05 Å². The smallest absolute Gasteiger partial charge is 0.151 e. The van der Waals surface area contributed by atoms with Crippen molar-refractivity contribution >= 4 is 11.6 Å². The zero-order chi connectivity index (χ0) is 12.1.